The van der Waals surface area contributed by atoms with E-state index in [9.17, 15) is 4.39 Å². The van der Waals surface area contributed by atoms with E-state index in [4.69, 9.17) is 11.5 Å². The van der Waals surface area contributed by atoms with Gasteiger partial charge in [0.2, 0.25) is 0 Å². The summed E-state index contributed by atoms with van der Waals surface area (Å²) in [4.78, 5) is 0.888. The summed E-state index contributed by atoms with van der Waals surface area (Å²) in [7, 11) is 0. The number of anilines is 1. The SMILES string of the molecule is CC(N)CSc1ccc(F)cc1N. The molecule has 0 heterocycles. The summed E-state index contributed by atoms with van der Waals surface area (Å²) in [6.45, 7) is 1.92. The van der Waals surface area contributed by atoms with E-state index >= 15 is 0 Å². The molecular weight excluding hydrogens is 187 g/mol. The fourth-order valence-corrected chi connectivity index (χ4v) is 1.70. The number of halogens is 1. The highest BCUT2D eigenvalue weighted by molar-refractivity contribution is 7.99. The molecule has 2 nitrogen and oxygen atoms in total. The van der Waals surface area contributed by atoms with Gasteiger partial charge in [-0.3, -0.25) is 0 Å². The van der Waals surface area contributed by atoms with Crippen LogP contribution in [0.4, 0.5) is 10.1 Å². The number of hydrogen-bond donors (Lipinski definition) is 2. The molecule has 0 saturated heterocycles. The topological polar surface area (TPSA) is 52.0 Å². The largest absolute Gasteiger partial charge is 0.398 e. The molecule has 1 aromatic carbocycles. The van der Waals surface area contributed by atoms with E-state index in [1.54, 1.807) is 17.8 Å². The molecule has 0 fully saturated rings. The Kier molecular flexibility index (Phi) is 3.57. The summed E-state index contributed by atoms with van der Waals surface area (Å²) in [5, 5.41) is 0. The van der Waals surface area contributed by atoms with Crippen molar-refractivity contribution in [1.82, 2.24) is 0 Å². The number of nitrogens with two attached hydrogens (primary N) is 2. The van der Waals surface area contributed by atoms with Crippen molar-refractivity contribution in [3.63, 3.8) is 0 Å². The monoisotopic (exact) mass is 200 g/mol. The minimum absolute atomic E-state index is 0.120. The van der Waals surface area contributed by atoms with Crippen LogP contribution in [-0.4, -0.2) is 11.8 Å². The van der Waals surface area contributed by atoms with Gasteiger partial charge in [-0.05, 0) is 25.1 Å². The van der Waals surface area contributed by atoms with Crippen LogP contribution in [0.1, 0.15) is 6.92 Å². The van der Waals surface area contributed by atoms with Crippen molar-refractivity contribution in [3.8, 4) is 0 Å². The maximum absolute atomic E-state index is 12.6. The van der Waals surface area contributed by atoms with Gasteiger partial charge in [0, 0.05) is 22.4 Å². The van der Waals surface area contributed by atoms with Crippen LogP contribution in [0.15, 0.2) is 23.1 Å². The Morgan fingerprint density at radius 1 is 1.54 bits per heavy atom. The van der Waals surface area contributed by atoms with E-state index in [0.717, 1.165) is 10.6 Å². The third-order valence-electron chi connectivity index (χ3n) is 1.47. The first-order valence-electron chi connectivity index (χ1n) is 4.03. The molecule has 13 heavy (non-hydrogen) atoms. The second-order valence-corrected chi connectivity index (χ2v) is 4.03. The van der Waals surface area contributed by atoms with Crippen LogP contribution in [-0.2, 0) is 0 Å². The van der Waals surface area contributed by atoms with Crippen molar-refractivity contribution >= 4 is 17.4 Å². The Bertz CT molecular complexity index is 289. The van der Waals surface area contributed by atoms with Crippen molar-refractivity contribution < 1.29 is 4.39 Å². The lowest BCUT2D eigenvalue weighted by atomic mass is 10.3. The van der Waals surface area contributed by atoms with Gasteiger partial charge in [-0.2, -0.15) is 0 Å². The lowest BCUT2D eigenvalue weighted by Gasteiger charge is -2.07. The zero-order valence-corrected chi connectivity index (χ0v) is 8.27. The van der Waals surface area contributed by atoms with E-state index in [0.29, 0.717) is 5.69 Å². The molecule has 4 N–H and O–H groups in total. The fourth-order valence-electron chi connectivity index (χ4n) is 0.872. The summed E-state index contributed by atoms with van der Waals surface area (Å²) >= 11 is 1.55. The predicted molar refractivity (Wildman–Crippen MR) is 55.2 cm³/mol. The Balaban J connectivity index is 2.67. The average Bonchev–Trinajstić information content (AvgIpc) is 2.02. The van der Waals surface area contributed by atoms with Gasteiger partial charge in [-0.15, -0.1) is 11.8 Å². The van der Waals surface area contributed by atoms with E-state index in [1.807, 2.05) is 6.92 Å². The zero-order valence-electron chi connectivity index (χ0n) is 7.46. The molecule has 72 valence electrons. The first-order valence-corrected chi connectivity index (χ1v) is 5.01. The molecule has 1 atom stereocenters. The van der Waals surface area contributed by atoms with Gasteiger partial charge in [0.05, 0.1) is 0 Å². The molecule has 0 spiro atoms. The molecule has 0 radical (unpaired) electrons. The van der Waals surface area contributed by atoms with Gasteiger partial charge in [-0.25, -0.2) is 4.39 Å². The van der Waals surface area contributed by atoms with E-state index in [-0.39, 0.29) is 11.9 Å². The minimum atomic E-state index is -0.303. The van der Waals surface area contributed by atoms with Crippen molar-refractivity contribution in [2.75, 3.05) is 11.5 Å². The number of nitrogen functional groups attached to an aromatic ring is 1. The molecule has 0 bridgehead atoms. The minimum Gasteiger partial charge on any atom is -0.398 e. The Morgan fingerprint density at radius 3 is 2.77 bits per heavy atom. The Morgan fingerprint density at radius 2 is 2.23 bits per heavy atom. The van der Waals surface area contributed by atoms with Crippen LogP contribution in [0.3, 0.4) is 0 Å². The van der Waals surface area contributed by atoms with Crippen LogP contribution in [0.5, 0.6) is 0 Å². The molecule has 4 heteroatoms. The summed E-state index contributed by atoms with van der Waals surface area (Å²) in [6, 6.07) is 4.52. The summed E-state index contributed by atoms with van der Waals surface area (Å²) in [5.74, 6) is 0.484. The fraction of sp³-hybridized carbons (Fsp3) is 0.333. The Labute approximate surface area is 81.5 Å². The number of hydrogen-bond acceptors (Lipinski definition) is 3. The molecular formula is C9H13FN2S. The first-order chi connectivity index (χ1) is 6.09. The molecule has 0 aliphatic rings. The molecule has 1 rings (SSSR count). The van der Waals surface area contributed by atoms with Crippen LogP contribution >= 0.6 is 11.8 Å². The molecule has 0 saturated carbocycles. The number of rotatable bonds is 3. The highest BCUT2D eigenvalue weighted by Gasteiger charge is 2.02. The van der Waals surface area contributed by atoms with Crippen LogP contribution in [0.2, 0.25) is 0 Å². The zero-order chi connectivity index (χ0) is 9.84. The molecule has 1 unspecified atom stereocenters. The van der Waals surface area contributed by atoms with Gasteiger partial charge < -0.3 is 11.5 Å². The second-order valence-electron chi connectivity index (χ2n) is 2.97. The smallest absolute Gasteiger partial charge is 0.125 e. The van der Waals surface area contributed by atoms with E-state index in [2.05, 4.69) is 0 Å². The van der Waals surface area contributed by atoms with E-state index in [1.165, 1.54) is 12.1 Å². The standard InChI is InChI=1S/C9H13FN2S/c1-6(11)5-13-9-3-2-7(10)4-8(9)12/h2-4,6H,5,11-12H2,1H3. The molecule has 1 aromatic rings. The van der Waals surface area contributed by atoms with Gasteiger partial charge >= 0.3 is 0 Å². The van der Waals surface area contributed by atoms with Gasteiger partial charge in [-0.1, -0.05) is 0 Å². The van der Waals surface area contributed by atoms with Crippen molar-refractivity contribution in [3.05, 3.63) is 24.0 Å². The lowest BCUT2D eigenvalue weighted by molar-refractivity contribution is 0.627. The maximum atomic E-state index is 12.6. The highest BCUT2D eigenvalue weighted by atomic mass is 32.2. The quantitative estimate of drug-likeness (QED) is 0.578. The normalized spacial score (nSPS) is 12.8. The van der Waals surface area contributed by atoms with E-state index < -0.39 is 0 Å². The molecule has 0 amide bonds. The Hall–Kier alpha value is -0.740. The van der Waals surface area contributed by atoms with Crippen molar-refractivity contribution in [2.24, 2.45) is 5.73 Å². The third-order valence-corrected chi connectivity index (χ3v) is 2.85. The molecule has 0 aliphatic carbocycles. The predicted octanol–water partition coefficient (Wildman–Crippen LogP) is 1.85. The van der Waals surface area contributed by atoms with Crippen molar-refractivity contribution in [1.29, 1.82) is 0 Å². The third kappa shape index (κ3) is 3.24. The van der Waals surface area contributed by atoms with Gasteiger partial charge in [0.15, 0.2) is 0 Å². The molecule has 0 aliphatic heterocycles. The first kappa shape index (κ1) is 10.3. The van der Waals surface area contributed by atoms with Gasteiger partial charge in [0.25, 0.3) is 0 Å². The van der Waals surface area contributed by atoms with Crippen LogP contribution in [0.25, 0.3) is 0 Å². The highest BCUT2D eigenvalue weighted by Crippen LogP contribution is 2.25. The summed E-state index contributed by atoms with van der Waals surface area (Å²) in [5.41, 5.74) is 11.7. The van der Waals surface area contributed by atoms with Crippen molar-refractivity contribution in [2.45, 2.75) is 17.9 Å². The summed E-state index contributed by atoms with van der Waals surface area (Å²) < 4.78 is 12.6. The molecule has 0 aromatic heterocycles. The second kappa shape index (κ2) is 4.48. The lowest BCUT2D eigenvalue weighted by Crippen LogP contribution is -2.17. The average molecular weight is 200 g/mol. The number of benzene rings is 1. The maximum Gasteiger partial charge on any atom is 0.125 e. The van der Waals surface area contributed by atoms with Crippen LogP contribution in [0, 0.1) is 5.82 Å². The summed E-state index contributed by atoms with van der Waals surface area (Å²) in [6.07, 6.45) is 0. The van der Waals surface area contributed by atoms with Gasteiger partial charge in [0.1, 0.15) is 5.82 Å². The van der Waals surface area contributed by atoms with Crippen LogP contribution < -0.4 is 11.5 Å². The number of thioether (sulfide) groups is 1.